The molecule has 0 radical (unpaired) electrons. The van der Waals surface area contributed by atoms with Crippen LogP contribution < -0.4 is 9.16 Å². The maximum absolute atomic E-state index is 12.7. The van der Waals surface area contributed by atoms with Crippen LogP contribution in [0.5, 0.6) is 11.5 Å². The lowest BCUT2D eigenvalue weighted by molar-refractivity contribution is 0.0668. The molecule has 0 spiro atoms. The first-order chi connectivity index (χ1) is 20.2. The number of halogens is 1. The van der Waals surface area contributed by atoms with Crippen molar-refractivity contribution >= 4 is 8.32 Å². The second kappa shape index (κ2) is 13.3. The first-order valence-corrected chi connectivity index (χ1v) is 18.2. The second-order valence-corrected chi connectivity index (χ2v) is 18.9. The van der Waals surface area contributed by atoms with Crippen molar-refractivity contribution in [3.05, 3.63) is 95.1 Å². The Labute approximate surface area is 254 Å². The van der Waals surface area contributed by atoms with Crippen LogP contribution in [-0.4, -0.2) is 46.1 Å². The number of benzene rings is 3. The van der Waals surface area contributed by atoms with Gasteiger partial charge in [-0.3, -0.25) is 9.29 Å². The van der Waals surface area contributed by atoms with Gasteiger partial charge in [-0.1, -0.05) is 90.1 Å². The highest BCUT2D eigenvalue weighted by atomic mass is 28.4. The van der Waals surface area contributed by atoms with Crippen LogP contribution in [0, 0.1) is 5.92 Å². The maximum Gasteiger partial charge on any atom is 0.258 e. The van der Waals surface area contributed by atoms with E-state index in [1.54, 1.807) is 0 Å². The normalized spacial score (nSPS) is 19.7. The zero-order chi connectivity index (χ0) is 29.9. The third-order valence-corrected chi connectivity index (χ3v) is 16.0. The predicted octanol–water partition coefficient (Wildman–Crippen LogP) is 9.38. The van der Waals surface area contributed by atoms with Gasteiger partial charge in [0.15, 0.2) is 0 Å². The number of hydrogen-bond acceptors (Lipinski definition) is 3. The molecule has 3 nitrogen and oxygen atoms in total. The van der Waals surface area contributed by atoms with Crippen LogP contribution in [0.15, 0.2) is 72.8 Å². The molecule has 3 aromatic rings. The predicted molar refractivity (Wildman–Crippen MR) is 175 cm³/mol. The molecule has 1 heterocycles. The van der Waals surface area contributed by atoms with E-state index in [-0.39, 0.29) is 18.5 Å². The monoisotopic (exact) mass is 587 g/mol. The Hall–Kier alpha value is -2.63. The van der Waals surface area contributed by atoms with Crippen LogP contribution >= 0.6 is 0 Å². The lowest BCUT2D eigenvalue weighted by Crippen LogP contribution is -2.50. The number of likely N-dealkylation sites (tertiary alicyclic amines) is 1. The summed E-state index contributed by atoms with van der Waals surface area (Å²) in [6.07, 6.45) is 2.17. The van der Waals surface area contributed by atoms with Crippen molar-refractivity contribution in [1.82, 2.24) is 4.90 Å². The molecule has 0 bridgehead atoms. The van der Waals surface area contributed by atoms with Crippen molar-refractivity contribution in [3.63, 3.8) is 0 Å². The SMILES string of the molecule is CC(C)[Si](Oc1ccc2c(c1)CC[C@H](c1ccccc1)[C@@H]2c1ccc(OCCN2CC(CF)C2)cc1)(C(C)C)C(C)C. The Balaban J connectivity index is 1.39. The molecule has 0 saturated carbocycles. The van der Waals surface area contributed by atoms with Gasteiger partial charge in [-0.2, -0.15) is 0 Å². The molecule has 5 rings (SSSR count). The quantitative estimate of drug-likeness (QED) is 0.197. The van der Waals surface area contributed by atoms with E-state index in [1.165, 1.54) is 22.3 Å². The average molecular weight is 588 g/mol. The molecule has 0 aromatic heterocycles. The fraction of sp³-hybridized carbons (Fsp3) is 0.514. The average Bonchev–Trinajstić information content (AvgIpc) is 2.96. The summed E-state index contributed by atoms with van der Waals surface area (Å²) in [4.78, 5) is 2.26. The highest BCUT2D eigenvalue weighted by Crippen LogP contribution is 2.48. The molecule has 42 heavy (non-hydrogen) atoms. The minimum atomic E-state index is -2.02. The van der Waals surface area contributed by atoms with E-state index in [0.717, 1.165) is 44.0 Å². The fourth-order valence-corrected chi connectivity index (χ4v) is 13.2. The Morgan fingerprint density at radius 3 is 2.07 bits per heavy atom. The Bertz CT molecular complexity index is 1270. The molecule has 1 aliphatic carbocycles. The summed E-state index contributed by atoms with van der Waals surface area (Å²) < 4.78 is 25.9. The number of fused-ring (bicyclic) bond motifs is 1. The molecule has 3 aromatic carbocycles. The number of nitrogens with zero attached hydrogens (tertiary/aromatic N) is 1. The molecule has 5 heteroatoms. The lowest BCUT2D eigenvalue weighted by Gasteiger charge is -2.42. The van der Waals surface area contributed by atoms with E-state index < -0.39 is 8.32 Å². The van der Waals surface area contributed by atoms with Gasteiger partial charge >= 0.3 is 0 Å². The number of ether oxygens (including phenoxy) is 1. The molecule has 0 unspecified atom stereocenters. The lowest BCUT2D eigenvalue weighted by atomic mass is 9.69. The van der Waals surface area contributed by atoms with Crippen molar-refractivity contribution in [3.8, 4) is 11.5 Å². The van der Waals surface area contributed by atoms with Gasteiger partial charge in [-0.05, 0) is 81.9 Å². The highest BCUT2D eigenvalue weighted by Gasteiger charge is 2.47. The molecular weight excluding hydrogens is 537 g/mol. The van der Waals surface area contributed by atoms with Gasteiger partial charge in [0.05, 0.1) is 6.67 Å². The van der Waals surface area contributed by atoms with Crippen LogP contribution in [0.2, 0.25) is 16.6 Å². The van der Waals surface area contributed by atoms with Gasteiger partial charge < -0.3 is 9.16 Å². The van der Waals surface area contributed by atoms with E-state index in [9.17, 15) is 4.39 Å². The summed E-state index contributed by atoms with van der Waals surface area (Å²) >= 11 is 0. The summed E-state index contributed by atoms with van der Waals surface area (Å²) in [5.41, 5.74) is 7.20. The van der Waals surface area contributed by atoms with Gasteiger partial charge in [-0.15, -0.1) is 0 Å². The Morgan fingerprint density at radius 1 is 0.810 bits per heavy atom. The maximum atomic E-state index is 12.7. The van der Waals surface area contributed by atoms with Crippen molar-refractivity contribution in [2.45, 2.75) is 82.8 Å². The standard InChI is InChI=1S/C37H50FNO2Si/c1-26(2)42(27(3)4,28(5)6)41-34-17-19-36-32(22-34)14-18-35(30-10-8-7-9-11-30)37(36)31-12-15-33(16-13-31)40-21-20-39-24-29(23-38)25-39/h7-13,15-17,19,22,26-29,35,37H,14,18,20-21,23-25H2,1-6H3/t35-,37+/m1/s1. The molecule has 226 valence electrons. The number of alkyl halides is 1. The summed E-state index contributed by atoms with van der Waals surface area (Å²) in [6, 6.07) is 26.7. The van der Waals surface area contributed by atoms with Gasteiger partial charge in [0, 0.05) is 31.5 Å². The molecule has 0 N–H and O–H groups in total. The second-order valence-electron chi connectivity index (χ2n) is 13.5. The summed E-state index contributed by atoms with van der Waals surface area (Å²) in [5.74, 6) is 2.86. The van der Waals surface area contributed by atoms with E-state index in [1.807, 2.05) is 0 Å². The van der Waals surface area contributed by atoms with Crippen LogP contribution in [0.3, 0.4) is 0 Å². The van der Waals surface area contributed by atoms with E-state index in [4.69, 9.17) is 9.16 Å². The van der Waals surface area contributed by atoms with E-state index >= 15 is 0 Å². The van der Waals surface area contributed by atoms with Crippen LogP contribution in [0.25, 0.3) is 0 Å². The molecule has 1 saturated heterocycles. The van der Waals surface area contributed by atoms with Crippen molar-refractivity contribution in [2.75, 3.05) is 32.9 Å². The molecule has 1 aliphatic heterocycles. The molecule has 2 atom stereocenters. The topological polar surface area (TPSA) is 21.7 Å². The molecular formula is C37H50FNO2Si. The smallest absolute Gasteiger partial charge is 0.258 e. The first kappa shape index (κ1) is 30.8. The highest BCUT2D eigenvalue weighted by molar-refractivity contribution is 6.78. The van der Waals surface area contributed by atoms with Gasteiger partial charge in [0.25, 0.3) is 8.32 Å². The van der Waals surface area contributed by atoms with Crippen molar-refractivity contribution in [2.24, 2.45) is 5.92 Å². The molecule has 2 aliphatic rings. The van der Waals surface area contributed by atoms with Gasteiger partial charge in [-0.25, -0.2) is 0 Å². The zero-order valence-corrected chi connectivity index (χ0v) is 27.5. The third-order valence-electron chi connectivity index (χ3n) is 9.97. The fourth-order valence-electron chi connectivity index (χ4n) is 7.91. The van der Waals surface area contributed by atoms with Crippen molar-refractivity contribution in [1.29, 1.82) is 0 Å². The summed E-state index contributed by atoms with van der Waals surface area (Å²) in [6.45, 7) is 17.1. The van der Waals surface area contributed by atoms with Crippen molar-refractivity contribution < 1.29 is 13.6 Å². The number of aryl methyl sites for hydroxylation is 1. The van der Waals surface area contributed by atoms with Gasteiger partial charge in [0.2, 0.25) is 0 Å². The molecule has 1 fully saturated rings. The zero-order valence-electron chi connectivity index (χ0n) is 26.5. The first-order valence-electron chi connectivity index (χ1n) is 16.1. The van der Waals surface area contributed by atoms with E-state index in [2.05, 4.69) is 119 Å². The molecule has 0 amide bonds. The number of hydrogen-bond donors (Lipinski definition) is 0. The summed E-state index contributed by atoms with van der Waals surface area (Å²) in [7, 11) is -2.02. The minimum Gasteiger partial charge on any atom is -0.543 e. The van der Waals surface area contributed by atoms with Crippen LogP contribution in [0.4, 0.5) is 4.39 Å². The number of rotatable bonds is 12. The van der Waals surface area contributed by atoms with Crippen LogP contribution in [0.1, 0.15) is 82.1 Å². The largest absolute Gasteiger partial charge is 0.543 e. The summed E-state index contributed by atoms with van der Waals surface area (Å²) in [5, 5.41) is 0. The Morgan fingerprint density at radius 2 is 1.45 bits per heavy atom. The Kier molecular flexibility index (Phi) is 9.79. The minimum absolute atomic E-state index is 0.211. The van der Waals surface area contributed by atoms with Crippen LogP contribution in [-0.2, 0) is 6.42 Å². The third kappa shape index (κ3) is 6.33. The van der Waals surface area contributed by atoms with E-state index in [0.29, 0.717) is 29.1 Å². The van der Waals surface area contributed by atoms with Gasteiger partial charge in [0.1, 0.15) is 18.1 Å².